The molecule has 0 spiro atoms. The highest BCUT2D eigenvalue weighted by Crippen LogP contribution is 2.45. The van der Waals surface area contributed by atoms with Gasteiger partial charge in [0.25, 0.3) is 0 Å². The molecule has 0 saturated carbocycles. The third-order valence-electron chi connectivity index (χ3n) is 7.05. The molecule has 1 aliphatic carbocycles. The fraction of sp³-hybridized carbons (Fsp3) is 0.667. The van der Waals surface area contributed by atoms with E-state index in [1.807, 2.05) is 26.8 Å². The number of carbonyl (C=O) groups excluding carboxylic acids is 3. The number of hydrogen-bond acceptors (Lipinski definition) is 9. The Labute approximate surface area is 223 Å². The van der Waals surface area contributed by atoms with Crippen molar-refractivity contribution in [2.45, 2.75) is 64.1 Å². The topological polar surface area (TPSA) is 156 Å². The molecule has 0 radical (unpaired) electrons. The molecular weight excluding hydrogens is 496 g/mol. The Morgan fingerprint density at radius 2 is 1.84 bits per heavy atom. The number of ketones is 1. The lowest BCUT2D eigenvalue weighted by atomic mass is 9.82. The Bertz CT molecular complexity index is 1020. The summed E-state index contributed by atoms with van der Waals surface area (Å²) in [4.78, 5) is 39.2. The van der Waals surface area contributed by atoms with Crippen molar-refractivity contribution < 1.29 is 43.5 Å². The van der Waals surface area contributed by atoms with Gasteiger partial charge in [-0.1, -0.05) is 13.8 Å². The second-order valence-corrected chi connectivity index (χ2v) is 10.2. The number of aliphatic hydroxyl groups excluding tert-OH is 2. The lowest BCUT2D eigenvalue weighted by molar-refractivity contribution is -0.135. The molecule has 0 bridgehead atoms. The monoisotopic (exact) mass is 536 g/mol. The molecule has 2 aliphatic rings. The number of Topliss-reactive ketones (excluding diaryl/α,β-unsaturated/α-hetero) is 1. The molecule has 11 heteroatoms. The van der Waals surface area contributed by atoms with Crippen LogP contribution in [-0.2, 0) is 32.0 Å². The summed E-state index contributed by atoms with van der Waals surface area (Å²) >= 11 is 0. The summed E-state index contributed by atoms with van der Waals surface area (Å²) in [6.45, 7) is 5.05. The van der Waals surface area contributed by atoms with Crippen LogP contribution in [0.2, 0.25) is 0 Å². The Balaban J connectivity index is 1.73. The van der Waals surface area contributed by atoms with E-state index in [0.717, 1.165) is 11.1 Å². The maximum absolute atomic E-state index is 13.2. The van der Waals surface area contributed by atoms with Crippen molar-refractivity contribution in [1.29, 1.82) is 0 Å². The summed E-state index contributed by atoms with van der Waals surface area (Å²) in [5.74, 6) is -0.319. The van der Waals surface area contributed by atoms with Crippen LogP contribution < -0.4 is 24.8 Å². The Morgan fingerprint density at radius 3 is 2.37 bits per heavy atom. The molecule has 1 heterocycles. The number of methoxy groups -OCH3 is 2. The summed E-state index contributed by atoms with van der Waals surface area (Å²) in [6.07, 6.45) is 1.82. The van der Waals surface area contributed by atoms with Crippen LogP contribution in [-0.4, -0.2) is 86.1 Å². The number of aliphatic hydroxyl groups is 2. The molecule has 4 atom stereocenters. The highest BCUT2D eigenvalue weighted by molar-refractivity contribution is 5.98. The smallest absolute Gasteiger partial charge is 0.245 e. The number of fused-ring (bicyclic) bond motifs is 1. The summed E-state index contributed by atoms with van der Waals surface area (Å²) in [6, 6.07) is -0.266. The van der Waals surface area contributed by atoms with Crippen molar-refractivity contribution in [3.8, 4) is 17.2 Å². The highest BCUT2D eigenvalue weighted by atomic mass is 16.6. The molecule has 1 aliphatic heterocycles. The molecular formula is C27H40N2O9. The first-order valence-corrected chi connectivity index (χ1v) is 13.0. The quantitative estimate of drug-likeness (QED) is 0.249. The SMILES string of the molecule is CCOc1c2c(cc(OC)c1OC)CC[C@@H](C(=O)N[C@@H](CO)C(=O)N[C@@H](CC(C)C)C(=O)[C@@]1(CO)CO1)C2. The van der Waals surface area contributed by atoms with Gasteiger partial charge in [0.05, 0.1) is 46.7 Å². The average Bonchev–Trinajstić information content (AvgIpc) is 3.71. The van der Waals surface area contributed by atoms with Crippen molar-refractivity contribution >= 4 is 17.6 Å². The lowest BCUT2D eigenvalue weighted by Crippen LogP contribution is -2.56. The van der Waals surface area contributed by atoms with Gasteiger partial charge in [0.1, 0.15) is 6.04 Å². The van der Waals surface area contributed by atoms with Crippen molar-refractivity contribution in [2.24, 2.45) is 11.8 Å². The van der Waals surface area contributed by atoms with Gasteiger partial charge in [-0.25, -0.2) is 0 Å². The average molecular weight is 537 g/mol. The summed E-state index contributed by atoms with van der Waals surface area (Å²) in [7, 11) is 3.08. The molecule has 1 aromatic rings. The van der Waals surface area contributed by atoms with E-state index in [-0.39, 0.29) is 18.4 Å². The molecule has 1 aromatic carbocycles. The number of nitrogens with one attached hydrogen (secondary N) is 2. The van der Waals surface area contributed by atoms with E-state index in [1.165, 1.54) is 7.11 Å². The molecule has 1 fully saturated rings. The van der Waals surface area contributed by atoms with Crippen LogP contribution in [0, 0.1) is 11.8 Å². The molecule has 2 amide bonds. The molecule has 3 rings (SSSR count). The summed E-state index contributed by atoms with van der Waals surface area (Å²) in [5, 5.41) is 24.8. The third kappa shape index (κ3) is 6.39. The zero-order valence-corrected chi connectivity index (χ0v) is 22.8. The fourth-order valence-electron chi connectivity index (χ4n) is 4.87. The number of aryl methyl sites for hydroxylation is 1. The summed E-state index contributed by atoms with van der Waals surface area (Å²) < 4.78 is 22.0. The van der Waals surface area contributed by atoms with Crippen molar-refractivity contribution in [2.75, 3.05) is 40.6 Å². The highest BCUT2D eigenvalue weighted by Gasteiger charge is 2.54. The zero-order chi connectivity index (χ0) is 28.0. The second-order valence-electron chi connectivity index (χ2n) is 10.2. The molecule has 1 saturated heterocycles. The van der Waals surface area contributed by atoms with E-state index in [4.69, 9.17) is 18.9 Å². The van der Waals surface area contributed by atoms with E-state index in [2.05, 4.69) is 10.6 Å². The van der Waals surface area contributed by atoms with E-state index < -0.39 is 48.5 Å². The molecule has 11 nitrogen and oxygen atoms in total. The number of hydrogen-bond donors (Lipinski definition) is 4. The standard InChI is InChI=1S/C27H40N2O9/c1-6-37-22-18-10-17(8-7-16(18)11-21(35-4)23(22)36-5)25(33)29-20(12-30)26(34)28-19(9-15(2)3)24(32)27(13-31)14-38-27/h11,15,17,19-20,30-31H,6-10,12-14H2,1-5H3,(H,28,34)(H,29,33)/t17-,19+,20+,27-/m1/s1. The largest absolute Gasteiger partial charge is 0.493 e. The third-order valence-corrected chi connectivity index (χ3v) is 7.05. The maximum Gasteiger partial charge on any atom is 0.245 e. The number of ether oxygens (including phenoxy) is 4. The van der Waals surface area contributed by atoms with Gasteiger partial charge in [0, 0.05) is 11.5 Å². The van der Waals surface area contributed by atoms with Gasteiger partial charge in [-0.05, 0) is 50.2 Å². The number of rotatable bonds is 14. The van der Waals surface area contributed by atoms with Crippen LogP contribution >= 0.6 is 0 Å². The van der Waals surface area contributed by atoms with E-state index >= 15 is 0 Å². The predicted molar refractivity (Wildman–Crippen MR) is 137 cm³/mol. The van der Waals surface area contributed by atoms with Crippen LogP contribution in [0.25, 0.3) is 0 Å². The zero-order valence-electron chi connectivity index (χ0n) is 22.8. The first kappa shape index (κ1) is 29.7. The number of carbonyl (C=O) groups is 3. The second kappa shape index (κ2) is 12.8. The Kier molecular flexibility index (Phi) is 9.97. The van der Waals surface area contributed by atoms with Gasteiger partial charge >= 0.3 is 0 Å². The molecule has 4 N–H and O–H groups in total. The fourth-order valence-corrected chi connectivity index (χ4v) is 4.87. The minimum absolute atomic E-state index is 0.0679. The minimum atomic E-state index is -1.29. The van der Waals surface area contributed by atoms with Gasteiger partial charge in [-0.2, -0.15) is 0 Å². The first-order chi connectivity index (χ1) is 18.1. The number of epoxide rings is 1. The predicted octanol–water partition coefficient (Wildman–Crippen LogP) is 0.546. The van der Waals surface area contributed by atoms with Gasteiger partial charge in [0.15, 0.2) is 22.9 Å². The van der Waals surface area contributed by atoms with E-state index in [9.17, 15) is 24.6 Å². The van der Waals surface area contributed by atoms with Crippen molar-refractivity contribution in [1.82, 2.24) is 10.6 Å². The number of amides is 2. The lowest BCUT2D eigenvalue weighted by Gasteiger charge is -2.29. The van der Waals surface area contributed by atoms with E-state index in [0.29, 0.717) is 49.5 Å². The van der Waals surface area contributed by atoms with Crippen LogP contribution in [0.4, 0.5) is 0 Å². The van der Waals surface area contributed by atoms with Crippen LogP contribution in [0.1, 0.15) is 44.7 Å². The van der Waals surface area contributed by atoms with Crippen molar-refractivity contribution in [3.63, 3.8) is 0 Å². The van der Waals surface area contributed by atoms with Gasteiger partial charge in [-0.15, -0.1) is 0 Å². The van der Waals surface area contributed by atoms with Gasteiger partial charge in [-0.3, -0.25) is 14.4 Å². The van der Waals surface area contributed by atoms with Crippen molar-refractivity contribution in [3.05, 3.63) is 17.2 Å². The van der Waals surface area contributed by atoms with Crippen LogP contribution in [0.5, 0.6) is 17.2 Å². The van der Waals surface area contributed by atoms with Crippen LogP contribution in [0.3, 0.4) is 0 Å². The first-order valence-electron chi connectivity index (χ1n) is 13.0. The Morgan fingerprint density at radius 1 is 1.13 bits per heavy atom. The number of benzene rings is 1. The molecule has 38 heavy (non-hydrogen) atoms. The normalized spacial score (nSPS) is 21.6. The van der Waals surface area contributed by atoms with Gasteiger partial charge < -0.3 is 39.8 Å². The van der Waals surface area contributed by atoms with E-state index in [1.54, 1.807) is 7.11 Å². The Hall–Kier alpha value is -2.89. The molecule has 212 valence electrons. The minimum Gasteiger partial charge on any atom is -0.493 e. The van der Waals surface area contributed by atoms with Crippen LogP contribution in [0.15, 0.2) is 6.07 Å². The molecule has 0 unspecified atom stereocenters. The molecule has 0 aromatic heterocycles. The summed E-state index contributed by atoms with van der Waals surface area (Å²) in [5.41, 5.74) is 0.562. The van der Waals surface area contributed by atoms with Gasteiger partial charge in [0.2, 0.25) is 17.6 Å². The maximum atomic E-state index is 13.2.